The van der Waals surface area contributed by atoms with Crippen LogP contribution in [0.1, 0.15) is 32.6 Å². The molecule has 3 N–H and O–H groups in total. The summed E-state index contributed by atoms with van der Waals surface area (Å²) in [4.78, 5) is 14.0. The molecule has 1 aliphatic heterocycles. The first-order valence-electron chi connectivity index (χ1n) is 6.93. The average molecular weight is 239 g/mol. The first kappa shape index (κ1) is 12.8. The van der Waals surface area contributed by atoms with E-state index in [4.69, 9.17) is 5.73 Å². The Morgan fingerprint density at radius 1 is 1.41 bits per heavy atom. The van der Waals surface area contributed by atoms with Crippen LogP contribution in [0.5, 0.6) is 0 Å². The minimum absolute atomic E-state index is 0.183. The molecule has 2 atom stereocenters. The Balaban J connectivity index is 1.68. The summed E-state index contributed by atoms with van der Waals surface area (Å²) in [5.74, 6) is 1.50. The van der Waals surface area contributed by atoms with Crippen molar-refractivity contribution in [3.05, 3.63) is 0 Å². The Bertz CT molecular complexity index is 265. The van der Waals surface area contributed by atoms with E-state index in [1.807, 2.05) is 0 Å². The van der Waals surface area contributed by atoms with Gasteiger partial charge in [0, 0.05) is 25.7 Å². The Morgan fingerprint density at radius 3 is 2.82 bits per heavy atom. The molecule has 0 aromatic rings. The topological polar surface area (TPSA) is 58.4 Å². The van der Waals surface area contributed by atoms with Gasteiger partial charge in [-0.1, -0.05) is 13.3 Å². The minimum atomic E-state index is 0.183. The fraction of sp³-hybridized carbons (Fsp3) is 0.923. The number of rotatable bonds is 5. The van der Waals surface area contributed by atoms with Gasteiger partial charge in [0.2, 0.25) is 5.91 Å². The maximum Gasteiger partial charge on any atom is 0.234 e. The molecule has 0 aromatic carbocycles. The number of hydrogen-bond donors (Lipinski definition) is 2. The van der Waals surface area contributed by atoms with E-state index in [-0.39, 0.29) is 5.91 Å². The van der Waals surface area contributed by atoms with Gasteiger partial charge < -0.3 is 11.1 Å². The lowest BCUT2D eigenvalue weighted by molar-refractivity contribution is -0.122. The standard InChI is InChI=1S/C13H25N3O/c1-2-11-8-16(6-5-12(11)14)9-13(17)15-7-10-3-4-10/h10-12H,2-9,14H2,1H3,(H,15,17). The van der Waals surface area contributed by atoms with Gasteiger partial charge in [0.25, 0.3) is 0 Å². The number of carbonyl (C=O) groups excluding carboxylic acids is 1. The summed E-state index contributed by atoms with van der Waals surface area (Å²) in [6, 6.07) is 0.325. The molecule has 2 rings (SSSR count). The van der Waals surface area contributed by atoms with E-state index in [0.717, 1.165) is 38.4 Å². The highest BCUT2D eigenvalue weighted by molar-refractivity contribution is 5.78. The number of amides is 1. The van der Waals surface area contributed by atoms with Crippen molar-refractivity contribution in [2.24, 2.45) is 17.6 Å². The van der Waals surface area contributed by atoms with Gasteiger partial charge in [0.1, 0.15) is 0 Å². The molecule has 4 nitrogen and oxygen atoms in total. The molecular weight excluding hydrogens is 214 g/mol. The van der Waals surface area contributed by atoms with E-state index in [0.29, 0.717) is 18.5 Å². The Morgan fingerprint density at radius 2 is 2.18 bits per heavy atom. The summed E-state index contributed by atoms with van der Waals surface area (Å²) < 4.78 is 0. The molecule has 4 heteroatoms. The van der Waals surface area contributed by atoms with Crippen LogP contribution in [0.15, 0.2) is 0 Å². The quantitative estimate of drug-likeness (QED) is 0.737. The van der Waals surface area contributed by atoms with E-state index >= 15 is 0 Å². The van der Waals surface area contributed by atoms with E-state index in [2.05, 4.69) is 17.1 Å². The summed E-state index contributed by atoms with van der Waals surface area (Å²) in [5.41, 5.74) is 6.06. The molecule has 0 bridgehead atoms. The predicted octanol–water partition coefficient (Wildman–Crippen LogP) is 0.572. The fourth-order valence-electron chi connectivity index (χ4n) is 2.54. The number of likely N-dealkylation sites (tertiary alicyclic amines) is 1. The van der Waals surface area contributed by atoms with Crippen molar-refractivity contribution < 1.29 is 4.79 Å². The van der Waals surface area contributed by atoms with Gasteiger partial charge in [0.15, 0.2) is 0 Å². The molecular formula is C13H25N3O. The molecule has 2 unspecified atom stereocenters. The van der Waals surface area contributed by atoms with Crippen LogP contribution < -0.4 is 11.1 Å². The molecule has 0 aromatic heterocycles. The van der Waals surface area contributed by atoms with Crippen LogP contribution >= 0.6 is 0 Å². The summed E-state index contributed by atoms with van der Waals surface area (Å²) >= 11 is 0. The zero-order valence-corrected chi connectivity index (χ0v) is 10.8. The number of carbonyl (C=O) groups is 1. The summed E-state index contributed by atoms with van der Waals surface area (Å²) in [6.45, 7) is 5.56. The summed E-state index contributed by atoms with van der Waals surface area (Å²) in [5, 5.41) is 3.02. The monoisotopic (exact) mass is 239 g/mol. The molecule has 2 aliphatic rings. The van der Waals surface area contributed by atoms with Gasteiger partial charge in [-0.2, -0.15) is 0 Å². The van der Waals surface area contributed by atoms with Gasteiger partial charge in [0.05, 0.1) is 6.54 Å². The maximum atomic E-state index is 11.7. The Labute approximate surface area is 104 Å². The van der Waals surface area contributed by atoms with E-state index < -0.39 is 0 Å². The van der Waals surface area contributed by atoms with E-state index in [1.165, 1.54) is 12.8 Å². The van der Waals surface area contributed by atoms with Gasteiger partial charge in [-0.3, -0.25) is 9.69 Å². The van der Waals surface area contributed by atoms with Crippen LogP contribution in [-0.4, -0.2) is 43.0 Å². The highest BCUT2D eigenvalue weighted by Gasteiger charge is 2.27. The number of nitrogens with zero attached hydrogens (tertiary/aromatic N) is 1. The lowest BCUT2D eigenvalue weighted by atomic mass is 9.91. The highest BCUT2D eigenvalue weighted by atomic mass is 16.2. The second-order valence-electron chi connectivity index (χ2n) is 5.60. The van der Waals surface area contributed by atoms with Gasteiger partial charge in [-0.15, -0.1) is 0 Å². The number of hydrogen-bond acceptors (Lipinski definition) is 3. The summed E-state index contributed by atoms with van der Waals surface area (Å²) in [6.07, 6.45) is 4.71. The lowest BCUT2D eigenvalue weighted by Crippen LogP contribution is -2.49. The summed E-state index contributed by atoms with van der Waals surface area (Å²) in [7, 11) is 0. The predicted molar refractivity (Wildman–Crippen MR) is 68.5 cm³/mol. The SMILES string of the molecule is CCC1CN(CC(=O)NCC2CC2)CCC1N. The average Bonchev–Trinajstić information content (AvgIpc) is 3.13. The van der Waals surface area contributed by atoms with Crippen molar-refractivity contribution in [2.75, 3.05) is 26.2 Å². The van der Waals surface area contributed by atoms with Crippen molar-refractivity contribution in [3.8, 4) is 0 Å². The smallest absolute Gasteiger partial charge is 0.234 e. The van der Waals surface area contributed by atoms with Crippen LogP contribution in [0, 0.1) is 11.8 Å². The molecule has 1 heterocycles. The third-order valence-electron chi connectivity index (χ3n) is 4.05. The fourth-order valence-corrected chi connectivity index (χ4v) is 2.54. The molecule has 1 aliphatic carbocycles. The van der Waals surface area contributed by atoms with E-state index in [1.54, 1.807) is 0 Å². The molecule has 2 fully saturated rings. The highest BCUT2D eigenvalue weighted by Crippen LogP contribution is 2.27. The molecule has 98 valence electrons. The first-order chi connectivity index (χ1) is 8.19. The molecule has 1 amide bonds. The first-order valence-corrected chi connectivity index (χ1v) is 6.93. The van der Waals surface area contributed by atoms with Crippen LogP contribution in [-0.2, 0) is 4.79 Å². The third-order valence-corrected chi connectivity index (χ3v) is 4.05. The minimum Gasteiger partial charge on any atom is -0.355 e. The largest absolute Gasteiger partial charge is 0.355 e. The van der Waals surface area contributed by atoms with Crippen molar-refractivity contribution in [2.45, 2.75) is 38.6 Å². The van der Waals surface area contributed by atoms with Crippen molar-refractivity contribution >= 4 is 5.91 Å². The molecule has 0 radical (unpaired) electrons. The molecule has 1 saturated carbocycles. The zero-order valence-electron chi connectivity index (χ0n) is 10.8. The molecule has 1 saturated heterocycles. The lowest BCUT2D eigenvalue weighted by Gasteiger charge is -2.36. The number of piperidine rings is 1. The second-order valence-corrected chi connectivity index (χ2v) is 5.60. The Hall–Kier alpha value is -0.610. The molecule has 17 heavy (non-hydrogen) atoms. The van der Waals surface area contributed by atoms with E-state index in [9.17, 15) is 4.79 Å². The van der Waals surface area contributed by atoms with Crippen molar-refractivity contribution in [3.63, 3.8) is 0 Å². The van der Waals surface area contributed by atoms with Gasteiger partial charge >= 0.3 is 0 Å². The molecule has 0 spiro atoms. The number of nitrogens with two attached hydrogens (primary N) is 1. The van der Waals surface area contributed by atoms with Crippen LogP contribution in [0.25, 0.3) is 0 Å². The van der Waals surface area contributed by atoms with Gasteiger partial charge in [-0.25, -0.2) is 0 Å². The van der Waals surface area contributed by atoms with Crippen molar-refractivity contribution in [1.82, 2.24) is 10.2 Å². The maximum absolute atomic E-state index is 11.7. The van der Waals surface area contributed by atoms with Crippen LogP contribution in [0.3, 0.4) is 0 Å². The third kappa shape index (κ3) is 3.96. The van der Waals surface area contributed by atoms with Gasteiger partial charge in [-0.05, 0) is 31.1 Å². The normalized spacial score (nSPS) is 30.2. The van der Waals surface area contributed by atoms with Crippen molar-refractivity contribution in [1.29, 1.82) is 0 Å². The van der Waals surface area contributed by atoms with Crippen LogP contribution in [0.2, 0.25) is 0 Å². The Kier molecular flexibility index (Phi) is 4.40. The van der Waals surface area contributed by atoms with Crippen LogP contribution in [0.4, 0.5) is 0 Å². The zero-order chi connectivity index (χ0) is 12.3. The number of nitrogens with one attached hydrogen (secondary N) is 1. The second kappa shape index (κ2) is 5.83.